The molecule has 5 nitrogen and oxygen atoms in total. The Hall–Kier alpha value is -2.95. The van der Waals surface area contributed by atoms with Crippen molar-refractivity contribution in [3.05, 3.63) is 71.8 Å². The molecule has 1 aliphatic rings. The van der Waals surface area contributed by atoms with Crippen LogP contribution in [0, 0.1) is 0 Å². The van der Waals surface area contributed by atoms with Crippen LogP contribution < -0.4 is 5.32 Å². The minimum Gasteiger partial charge on any atom is -0.355 e. The van der Waals surface area contributed by atoms with E-state index in [1.165, 1.54) is 10.6 Å². The van der Waals surface area contributed by atoms with Crippen molar-refractivity contribution in [2.24, 2.45) is 5.10 Å². The Labute approximate surface area is 166 Å². The van der Waals surface area contributed by atoms with Crippen molar-refractivity contribution < 1.29 is 9.59 Å². The summed E-state index contributed by atoms with van der Waals surface area (Å²) in [6.45, 7) is 3.28. The molecule has 0 aromatic heterocycles. The lowest BCUT2D eigenvalue weighted by Crippen LogP contribution is -2.30. The van der Waals surface area contributed by atoms with Gasteiger partial charge in [-0.05, 0) is 17.5 Å². The molecule has 1 aliphatic heterocycles. The zero-order chi connectivity index (χ0) is 19.8. The number of hydrogen-bond acceptors (Lipinski definition) is 3. The van der Waals surface area contributed by atoms with E-state index in [0.717, 1.165) is 24.1 Å². The van der Waals surface area contributed by atoms with Crippen LogP contribution in [0.1, 0.15) is 49.7 Å². The van der Waals surface area contributed by atoms with Crippen LogP contribution in [-0.2, 0) is 9.59 Å². The van der Waals surface area contributed by atoms with E-state index in [1.807, 2.05) is 48.5 Å². The van der Waals surface area contributed by atoms with Crippen LogP contribution in [0.25, 0.3) is 0 Å². The Morgan fingerprint density at radius 3 is 2.39 bits per heavy atom. The molecule has 0 spiro atoms. The topological polar surface area (TPSA) is 61.8 Å². The summed E-state index contributed by atoms with van der Waals surface area (Å²) in [5.74, 6) is 0.0998. The van der Waals surface area contributed by atoms with Gasteiger partial charge in [-0.25, -0.2) is 5.01 Å². The number of benzene rings is 2. The minimum atomic E-state index is -0.101. The van der Waals surface area contributed by atoms with Crippen LogP contribution in [-0.4, -0.2) is 35.6 Å². The van der Waals surface area contributed by atoms with Gasteiger partial charge in [0, 0.05) is 31.7 Å². The second-order valence-electron chi connectivity index (χ2n) is 7.00. The van der Waals surface area contributed by atoms with Crippen molar-refractivity contribution in [1.29, 1.82) is 0 Å². The van der Waals surface area contributed by atoms with Gasteiger partial charge in [-0.15, -0.1) is 0 Å². The highest BCUT2D eigenvalue weighted by molar-refractivity contribution is 6.02. The molecule has 146 valence electrons. The largest absolute Gasteiger partial charge is 0.355 e. The van der Waals surface area contributed by atoms with Gasteiger partial charge in [-0.3, -0.25) is 9.59 Å². The smallest absolute Gasteiger partial charge is 0.243 e. The van der Waals surface area contributed by atoms with Gasteiger partial charge in [0.25, 0.3) is 0 Å². The Morgan fingerprint density at radius 2 is 1.71 bits per heavy atom. The third-order valence-electron chi connectivity index (χ3n) is 5.07. The maximum Gasteiger partial charge on any atom is 0.243 e. The highest BCUT2D eigenvalue weighted by Crippen LogP contribution is 2.18. The van der Waals surface area contributed by atoms with Gasteiger partial charge in [0.1, 0.15) is 0 Å². The maximum atomic E-state index is 12.4. The molecule has 1 heterocycles. The number of hydrogen-bond donors (Lipinski definition) is 1. The van der Waals surface area contributed by atoms with Crippen LogP contribution in [0.5, 0.6) is 0 Å². The first-order valence-electron chi connectivity index (χ1n) is 9.92. The molecule has 0 radical (unpaired) electrons. The van der Waals surface area contributed by atoms with Crippen LogP contribution in [0.3, 0.4) is 0 Å². The highest BCUT2D eigenvalue weighted by Gasteiger charge is 2.22. The fourth-order valence-corrected chi connectivity index (χ4v) is 3.37. The first-order valence-corrected chi connectivity index (χ1v) is 9.92. The monoisotopic (exact) mass is 377 g/mol. The molecular formula is C23H27N3O2. The van der Waals surface area contributed by atoms with E-state index in [4.69, 9.17) is 0 Å². The van der Waals surface area contributed by atoms with Crippen LogP contribution in [0.4, 0.5) is 0 Å². The third-order valence-corrected chi connectivity index (χ3v) is 5.07. The van der Waals surface area contributed by atoms with Crippen molar-refractivity contribution in [2.45, 2.75) is 38.5 Å². The average Bonchev–Trinajstić information content (AvgIpc) is 3.24. The third kappa shape index (κ3) is 5.28. The van der Waals surface area contributed by atoms with Crippen LogP contribution in [0.2, 0.25) is 0 Å². The van der Waals surface area contributed by atoms with Gasteiger partial charge < -0.3 is 5.32 Å². The van der Waals surface area contributed by atoms with Crippen molar-refractivity contribution in [2.75, 3.05) is 13.1 Å². The molecule has 1 unspecified atom stereocenters. The molecule has 0 fully saturated rings. The molecule has 1 atom stereocenters. The Balaban J connectivity index is 1.44. The second kappa shape index (κ2) is 9.83. The molecule has 1 N–H and O–H groups in total. The summed E-state index contributed by atoms with van der Waals surface area (Å²) in [6.07, 6.45) is 2.07. The van der Waals surface area contributed by atoms with Crippen LogP contribution in [0.15, 0.2) is 65.8 Å². The van der Waals surface area contributed by atoms with Gasteiger partial charge in [0.05, 0.1) is 12.3 Å². The van der Waals surface area contributed by atoms with E-state index in [2.05, 4.69) is 29.5 Å². The number of hydrazone groups is 1. The average molecular weight is 377 g/mol. The summed E-state index contributed by atoms with van der Waals surface area (Å²) in [5.41, 5.74) is 3.19. The van der Waals surface area contributed by atoms with Gasteiger partial charge in [0.15, 0.2) is 0 Å². The lowest BCUT2D eigenvalue weighted by molar-refractivity contribution is -0.133. The van der Waals surface area contributed by atoms with E-state index in [1.54, 1.807) is 0 Å². The summed E-state index contributed by atoms with van der Waals surface area (Å²) in [7, 11) is 0. The maximum absolute atomic E-state index is 12.4. The normalized spacial score (nSPS) is 14.5. The lowest BCUT2D eigenvalue weighted by Gasteiger charge is -2.16. The predicted molar refractivity (Wildman–Crippen MR) is 111 cm³/mol. The van der Waals surface area contributed by atoms with E-state index < -0.39 is 0 Å². The fourth-order valence-electron chi connectivity index (χ4n) is 3.37. The van der Waals surface area contributed by atoms with E-state index in [0.29, 0.717) is 13.1 Å². The minimum absolute atomic E-state index is 0.0887. The van der Waals surface area contributed by atoms with Gasteiger partial charge >= 0.3 is 0 Å². The molecule has 2 aromatic carbocycles. The van der Waals surface area contributed by atoms with E-state index in [9.17, 15) is 9.59 Å². The predicted octanol–water partition coefficient (Wildman–Crippen LogP) is 3.71. The van der Waals surface area contributed by atoms with Crippen molar-refractivity contribution in [3.63, 3.8) is 0 Å². The molecule has 5 heteroatoms. The number of amides is 2. The first-order chi connectivity index (χ1) is 13.7. The number of nitrogens with zero attached hydrogens (tertiary/aromatic N) is 2. The number of rotatable bonds is 8. The van der Waals surface area contributed by atoms with Crippen molar-refractivity contribution in [3.8, 4) is 0 Å². The molecule has 28 heavy (non-hydrogen) atoms. The molecule has 0 bridgehead atoms. The van der Waals surface area contributed by atoms with Crippen LogP contribution >= 0.6 is 0 Å². The summed E-state index contributed by atoms with van der Waals surface area (Å²) in [5, 5.41) is 8.89. The SMILES string of the molecule is CCC(CNC(=O)CCC(=O)N1CCC(c2ccccc2)=N1)c1ccccc1. The molecule has 3 rings (SSSR count). The van der Waals surface area contributed by atoms with E-state index in [-0.39, 0.29) is 30.6 Å². The number of nitrogens with one attached hydrogen (secondary N) is 1. The summed E-state index contributed by atoms with van der Waals surface area (Å²) in [4.78, 5) is 24.6. The van der Waals surface area contributed by atoms with Gasteiger partial charge in [-0.2, -0.15) is 5.10 Å². The Bertz CT molecular complexity index is 818. The lowest BCUT2D eigenvalue weighted by atomic mass is 9.96. The molecule has 2 amide bonds. The Morgan fingerprint density at radius 1 is 1.04 bits per heavy atom. The standard InChI is InChI=1S/C23H27N3O2/c1-2-18(19-9-5-3-6-10-19)17-24-22(27)13-14-23(28)26-16-15-21(25-26)20-11-7-4-8-12-20/h3-12,18H,2,13-17H2,1H3,(H,24,27). The van der Waals surface area contributed by atoms with Crippen molar-refractivity contribution >= 4 is 17.5 Å². The molecule has 2 aromatic rings. The molecule has 0 aliphatic carbocycles. The first kappa shape index (κ1) is 19.8. The zero-order valence-electron chi connectivity index (χ0n) is 16.3. The highest BCUT2D eigenvalue weighted by atomic mass is 16.2. The molecule has 0 saturated heterocycles. The number of carbonyl (C=O) groups excluding carboxylic acids is 2. The van der Waals surface area contributed by atoms with E-state index >= 15 is 0 Å². The summed E-state index contributed by atoms with van der Waals surface area (Å²) < 4.78 is 0. The summed E-state index contributed by atoms with van der Waals surface area (Å²) >= 11 is 0. The Kier molecular flexibility index (Phi) is 6.95. The molecule has 0 saturated carbocycles. The number of carbonyl (C=O) groups is 2. The quantitative estimate of drug-likeness (QED) is 0.762. The van der Waals surface area contributed by atoms with Crippen molar-refractivity contribution in [1.82, 2.24) is 10.3 Å². The second-order valence-corrected chi connectivity index (χ2v) is 7.00. The van der Waals surface area contributed by atoms with Gasteiger partial charge in [-0.1, -0.05) is 67.6 Å². The fraction of sp³-hybridized carbons (Fsp3) is 0.348. The molecular weight excluding hydrogens is 350 g/mol. The summed E-state index contributed by atoms with van der Waals surface area (Å²) in [6, 6.07) is 20.1. The van der Waals surface area contributed by atoms with Gasteiger partial charge in [0.2, 0.25) is 11.8 Å². The zero-order valence-corrected chi connectivity index (χ0v) is 16.3.